The summed E-state index contributed by atoms with van der Waals surface area (Å²) in [5, 5.41) is 21.1. The molecule has 2 N–H and O–H groups in total. The van der Waals surface area contributed by atoms with E-state index >= 15 is 0 Å². The minimum absolute atomic E-state index is 0.00742. The van der Waals surface area contributed by atoms with Gasteiger partial charge in [0.15, 0.2) is 0 Å². The van der Waals surface area contributed by atoms with Crippen molar-refractivity contribution in [3.05, 3.63) is 95.3 Å². The Kier molecular flexibility index (Phi) is 5.89. The lowest BCUT2D eigenvalue weighted by atomic mass is 9.95. The summed E-state index contributed by atoms with van der Waals surface area (Å²) >= 11 is 0. The molecule has 7 nitrogen and oxygen atoms in total. The first kappa shape index (κ1) is 21.1. The first-order valence-electron chi connectivity index (χ1n) is 10.2. The number of benzene rings is 2. The summed E-state index contributed by atoms with van der Waals surface area (Å²) in [6.07, 6.45) is 1.61. The van der Waals surface area contributed by atoms with Crippen LogP contribution < -0.4 is 4.74 Å². The molecule has 3 aromatic rings. The number of phenols is 1. The fourth-order valence-electron chi connectivity index (χ4n) is 3.78. The van der Waals surface area contributed by atoms with Crippen LogP contribution in [0.2, 0.25) is 0 Å². The van der Waals surface area contributed by atoms with E-state index in [1.54, 1.807) is 60.8 Å². The summed E-state index contributed by atoms with van der Waals surface area (Å²) in [4.78, 5) is 31.6. The van der Waals surface area contributed by atoms with Crippen LogP contribution in [0.4, 0.5) is 0 Å². The van der Waals surface area contributed by atoms with E-state index in [1.807, 2.05) is 6.92 Å². The normalized spacial score (nSPS) is 17.5. The minimum atomic E-state index is -0.879. The topological polar surface area (TPSA) is 100.0 Å². The van der Waals surface area contributed by atoms with E-state index in [9.17, 15) is 19.8 Å². The molecule has 2 heterocycles. The molecular formula is C25H22N2O5. The molecule has 7 heteroatoms. The number of carbonyl (C=O) groups excluding carboxylic acids is 2. The van der Waals surface area contributed by atoms with Crippen LogP contribution in [0.5, 0.6) is 11.5 Å². The van der Waals surface area contributed by atoms with Gasteiger partial charge in [0.1, 0.15) is 17.3 Å². The predicted molar refractivity (Wildman–Crippen MR) is 118 cm³/mol. The van der Waals surface area contributed by atoms with Gasteiger partial charge in [-0.05, 0) is 61.0 Å². The highest BCUT2D eigenvalue weighted by atomic mass is 16.5. The molecule has 1 fully saturated rings. The van der Waals surface area contributed by atoms with Crippen molar-refractivity contribution < 1.29 is 24.5 Å². The van der Waals surface area contributed by atoms with E-state index in [2.05, 4.69) is 4.98 Å². The number of phenolic OH excluding ortho intramolecular Hbond substituents is 1. The molecule has 0 spiro atoms. The number of aromatic hydroxyl groups is 1. The third-order valence-corrected chi connectivity index (χ3v) is 5.22. The van der Waals surface area contributed by atoms with Gasteiger partial charge in [0.25, 0.3) is 11.7 Å². The average Bonchev–Trinajstić information content (AvgIpc) is 3.05. The van der Waals surface area contributed by atoms with Crippen molar-refractivity contribution in [2.45, 2.75) is 19.5 Å². The van der Waals surface area contributed by atoms with Crippen molar-refractivity contribution in [2.75, 3.05) is 6.61 Å². The number of nitrogens with zero attached hydrogens (tertiary/aromatic N) is 2. The Hall–Kier alpha value is -4.13. The quantitative estimate of drug-likeness (QED) is 0.350. The second-order valence-electron chi connectivity index (χ2n) is 7.30. The molecule has 32 heavy (non-hydrogen) atoms. The van der Waals surface area contributed by atoms with E-state index in [1.165, 1.54) is 17.0 Å². The van der Waals surface area contributed by atoms with Crippen molar-refractivity contribution >= 4 is 17.4 Å². The van der Waals surface area contributed by atoms with Crippen molar-refractivity contribution in [2.24, 2.45) is 0 Å². The number of carbonyl (C=O) groups is 2. The summed E-state index contributed by atoms with van der Waals surface area (Å²) in [7, 11) is 0. The zero-order valence-corrected chi connectivity index (χ0v) is 17.4. The number of rotatable bonds is 6. The Morgan fingerprint density at radius 3 is 2.50 bits per heavy atom. The van der Waals surface area contributed by atoms with Crippen LogP contribution in [-0.4, -0.2) is 38.4 Å². The van der Waals surface area contributed by atoms with E-state index in [4.69, 9.17) is 4.74 Å². The van der Waals surface area contributed by atoms with Gasteiger partial charge in [-0.25, -0.2) is 0 Å². The molecule has 1 amide bonds. The lowest BCUT2D eigenvalue weighted by Gasteiger charge is -2.25. The Balaban J connectivity index is 1.82. The van der Waals surface area contributed by atoms with Gasteiger partial charge in [-0.15, -0.1) is 0 Å². The van der Waals surface area contributed by atoms with Crippen LogP contribution in [0.3, 0.4) is 0 Å². The largest absolute Gasteiger partial charge is 0.508 e. The number of ketones is 1. The fraction of sp³-hybridized carbons (Fsp3) is 0.160. The summed E-state index contributed by atoms with van der Waals surface area (Å²) in [5.41, 5.74) is 1.45. The molecule has 0 radical (unpaired) electrons. The van der Waals surface area contributed by atoms with Crippen LogP contribution in [0.15, 0.2) is 78.5 Å². The van der Waals surface area contributed by atoms with Gasteiger partial charge < -0.3 is 19.8 Å². The summed E-state index contributed by atoms with van der Waals surface area (Å²) in [6.45, 7) is 2.44. The predicted octanol–water partition coefficient (Wildman–Crippen LogP) is 3.81. The molecule has 2 aromatic carbocycles. The molecular weight excluding hydrogens is 408 g/mol. The highest BCUT2D eigenvalue weighted by molar-refractivity contribution is 6.46. The Morgan fingerprint density at radius 2 is 1.84 bits per heavy atom. The Labute approximate surface area is 185 Å². The van der Waals surface area contributed by atoms with Crippen molar-refractivity contribution in [3.63, 3.8) is 0 Å². The van der Waals surface area contributed by atoms with Crippen LogP contribution in [0.1, 0.15) is 29.8 Å². The monoisotopic (exact) mass is 430 g/mol. The Morgan fingerprint density at radius 1 is 1.06 bits per heavy atom. The van der Waals surface area contributed by atoms with Crippen LogP contribution in [0.25, 0.3) is 5.76 Å². The van der Waals surface area contributed by atoms with Gasteiger partial charge in [0, 0.05) is 11.8 Å². The third-order valence-electron chi connectivity index (χ3n) is 5.22. The maximum Gasteiger partial charge on any atom is 0.296 e. The van der Waals surface area contributed by atoms with E-state index in [0.717, 1.165) is 0 Å². The molecule has 4 rings (SSSR count). The molecule has 1 aliphatic heterocycles. The summed E-state index contributed by atoms with van der Waals surface area (Å²) < 4.78 is 5.43. The minimum Gasteiger partial charge on any atom is -0.508 e. The number of hydrogen-bond acceptors (Lipinski definition) is 6. The van der Waals surface area contributed by atoms with Crippen molar-refractivity contribution in [3.8, 4) is 11.5 Å². The highest BCUT2D eigenvalue weighted by Gasteiger charge is 2.46. The van der Waals surface area contributed by atoms with Gasteiger partial charge in [-0.1, -0.05) is 18.2 Å². The summed E-state index contributed by atoms with van der Waals surface area (Å²) in [6, 6.07) is 17.4. The zero-order chi connectivity index (χ0) is 22.7. The fourth-order valence-corrected chi connectivity index (χ4v) is 3.78. The third kappa shape index (κ3) is 4.05. The van der Waals surface area contributed by atoms with Gasteiger partial charge >= 0.3 is 0 Å². The smallest absolute Gasteiger partial charge is 0.296 e. The highest BCUT2D eigenvalue weighted by Crippen LogP contribution is 2.41. The first-order valence-corrected chi connectivity index (χ1v) is 10.2. The number of pyridine rings is 1. The van der Waals surface area contributed by atoms with Crippen LogP contribution in [-0.2, 0) is 16.1 Å². The van der Waals surface area contributed by atoms with Crippen LogP contribution >= 0.6 is 0 Å². The first-order chi connectivity index (χ1) is 15.5. The Bertz CT molecular complexity index is 1170. The number of amides is 1. The molecule has 1 atom stereocenters. The second kappa shape index (κ2) is 8.93. The number of aliphatic hydroxyl groups excluding tert-OH is 1. The lowest BCUT2D eigenvalue weighted by Crippen LogP contribution is -2.29. The number of ether oxygens (including phenoxy) is 1. The second-order valence-corrected chi connectivity index (χ2v) is 7.30. The standard InChI is InChI=1S/C25H22N2O5/c1-2-32-20-11-9-16(10-12-20)23(29)21-22(17-6-5-8-19(28)14-17)27(25(31)24(21)30)15-18-7-3-4-13-26-18/h3-14,22,28-29H,2,15H2,1H3/b23-21-. The zero-order valence-electron chi connectivity index (χ0n) is 17.4. The van der Waals surface area contributed by atoms with E-state index in [0.29, 0.717) is 29.2 Å². The molecule has 0 bridgehead atoms. The molecule has 1 unspecified atom stereocenters. The molecule has 0 saturated carbocycles. The molecule has 1 saturated heterocycles. The average molecular weight is 430 g/mol. The van der Waals surface area contributed by atoms with Crippen molar-refractivity contribution in [1.29, 1.82) is 0 Å². The molecule has 0 aliphatic carbocycles. The molecule has 1 aromatic heterocycles. The maximum absolute atomic E-state index is 13.0. The number of likely N-dealkylation sites (tertiary alicyclic amines) is 1. The summed E-state index contributed by atoms with van der Waals surface area (Å²) in [5.74, 6) is -1.20. The van der Waals surface area contributed by atoms with E-state index in [-0.39, 0.29) is 23.6 Å². The van der Waals surface area contributed by atoms with Gasteiger partial charge in [-0.3, -0.25) is 14.6 Å². The van der Waals surface area contributed by atoms with Crippen LogP contribution in [0, 0.1) is 0 Å². The van der Waals surface area contributed by atoms with Gasteiger partial charge in [0.2, 0.25) is 0 Å². The van der Waals surface area contributed by atoms with Crippen molar-refractivity contribution in [1.82, 2.24) is 9.88 Å². The molecule has 162 valence electrons. The van der Waals surface area contributed by atoms with E-state index < -0.39 is 17.7 Å². The maximum atomic E-state index is 13.0. The lowest BCUT2D eigenvalue weighted by molar-refractivity contribution is -0.140. The number of hydrogen-bond donors (Lipinski definition) is 2. The van der Waals surface area contributed by atoms with Gasteiger partial charge in [-0.2, -0.15) is 0 Å². The number of aliphatic hydroxyl groups is 1. The van der Waals surface area contributed by atoms with Gasteiger partial charge in [0.05, 0.1) is 30.5 Å². The number of aromatic nitrogens is 1. The SMILES string of the molecule is CCOc1ccc(/C(O)=C2/C(=O)C(=O)N(Cc3ccccn3)C2c2cccc(O)c2)cc1. The number of Topliss-reactive ketones (excluding diaryl/α,β-unsaturated/α-hetero) is 1. The molecule has 1 aliphatic rings.